The van der Waals surface area contributed by atoms with Crippen LogP contribution in [0.3, 0.4) is 0 Å². The van der Waals surface area contributed by atoms with E-state index in [1.54, 1.807) is 6.20 Å². The van der Waals surface area contributed by atoms with Crippen LogP contribution in [0.1, 0.15) is 38.5 Å². The van der Waals surface area contributed by atoms with Gasteiger partial charge in [0.15, 0.2) is 0 Å². The topological polar surface area (TPSA) is 64.0 Å². The fourth-order valence-electron chi connectivity index (χ4n) is 2.36. The molecule has 0 spiro atoms. The smallest absolute Gasteiger partial charge is 0.268 e. The Morgan fingerprint density at radius 3 is 2.68 bits per heavy atom. The number of rotatable bonds is 3. The van der Waals surface area contributed by atoms with Crippen LogP contribution in [0.2, 0.25) is 0 Å². The quantitative estimate of drug-likeness (QED) is 0.646. The van der Waals surface area contributed by atoms with Crippen molar-refractivity contribution in [2.24, 2.45) is 0 Å². The minimum absolute atomic E-state index is 0.00620. The maximum atomic E-state index is 11.9. The van der Waals surface area contributed by atoms with Crippen LogP contribution in [-0.2, 0) is 11.3 Å². The van der Waals surface area contributed by atoms with Gasteiger partial charge in [0.2, 0.25) is 5.91 Å². The first-order valence-electron chi connectivity index (χ1n) is 6.67. The predicted molar refractivity (Wildman–Crippen MR) is 80.8 cm³/mol. The van der Waals surface area contributed by atoms with E-state index in [9.17, 15) is 9.59 Å². The molecule has 0 atom stereocenters. The highest BCUT2D eigenvalue weighted by atomic mass is 127. The second-order valence-corrected chi connectivity index (χ2v) is 6.17. The molecule has 5 nitrogen and oxygen atoms in total. The summed E-state index contributed by atoms with van der Waals surface area (Å²) in [6.07, 6.45) is 8.52. The molecule has 0 saturated heterocycles. The molecule has 1 aromatic heterocycles. The zero-order valence-electron chi connectivity index (χ0n) is 10.8. The van der Waals surface area contributed by atoms with E-state index < -0.39 is 0 Å². The van der Waals surface area contributed by atoms with Crippen molar-refractivity contribution < 1.29 is 4.79 Å². The second kappa shape index (κ2) is 7.02. The number of nitrogens with zero attached hydrogens (tertiary/aromatic N) is 2. The summed E-state index contributed by atoms with van der Waals surface area (Å²) in [7, 11) is 0. The first-order chi connectivity index (χ1) is 9.15. The number of aromatic nitrogens is 2. The van der Waals surface area contributed by atoms with E-state index in [0.717, 1.165) is 16.4 Å². The Hall–Kier alpha value is -0.920. The van der Waals surface area contributed by atoms with Gasteiger partial charge in [-0.05, 0) is 35.4 Å². The highest BCUT2D eigenvalue weighted by Crippen LogP contribution is 2.17. The largest absolute Gasteiger partial charge is 0.352 e. The van der Waals surface area contributed by atoms with Crippen LogP contribution in [0.25, 0.3) is 0 Å². The van der Waals surface area contributed by atoms with Crippen LogP contribution in [-0.4, -0.2) is 21.7 Å². The van der Waals surface area contributed by atoms with Crippen LogP contribution >= 0.6 is 22.6 Å². The lowest BCUT2D eigenvalue weighted by Crippen LogP contribution is -2.39. The van der Waals surface area contributed by atoms with Crippen molar-refractivity contribution in [3.63, 3.8) is 0 Å². The number of carbonyl (C=O) groups is 1. The summed E-state index contributed by atoms with van der Waals surface area (Å²) < 4.78 is 1.98. The maximum Gasteiger partial charge on any atom is 0.268 e. The molecule has 0 aromatic carbocycles. The lowest BCUT2D eigenvalue weighted by molar-refractivity contribution is -0.122. The van der Waals surface area contributed by atoms with Crippen LogP contribution in [0, 0.1) is 3.57 Å². The molecule has 1 aromatic rings. The molecule has 1 fully saturated rings. The molecule has 1 aliphatic rings. The molecular weight excluding hydrogens is 357 g/mol. The third-order valence-electron chi connectivity index (χ3n) is 3.35. The Kier molecular flexibility index (Phi) is 5.35. The van der Waals surface area contributed by atoms with Gasteiger partial charge in [0, 0.05) is 15.7 Å². The summed E-state index contributed by atoms with van der Waals surface area (Å²) in [4.78, 5) is 23.6. The van der Waals surface area contributed by atoms with Gasteiger partial charge in [0.05, 0.1) is 6.20 Å². The molecule has 0 bridgehead atoms. The first kappa shape index (κ1) is 14.5. The highest BCUT2D eigenvalue weighted by Gasteiger charge is 2.15. The van der Waals surface area contributed by atoms with Gasteiger partial charge in [-0.25, -0.2) is 4.68 Å². The summed E-state index contributed by atoms with van der Waals surface area (Å²) >= 11 is 2.03. The van der Waals surface area contributed by atoms with E-state index in [4.69, 9.17) is 0 Å². The molecule has 1 N–H and O–H groups in total. The molecule has 1 saturated carbocycles. The predicted octanol–water partition coefficient (Wildman–Crippen LogP) is 1.69. The molecule has 1 amide bonds. The van der Waals surface area contributed by atoms with Crippen LogP contribution in [0.15, 0.2) is 17.1 Å². The van der Waals surface area contributed by atoms with Gasteiger partial charge in [-0.15, -0.1) is 0 Å². The third kappa shape index (κ3) is 4.59. The van der Waals surface area contributed by atoms with Crippen molar-refractivity contribution in [3.05, 3.63) is 26.2 Å². The van der Waals surface area contributed by atoms with E-state index in [0.29, 0.717) is 0 Å². The normalized spacial score (nSPS) is 16.9. The van der Waals surface area contributed by atoms with E-state index in [1.165, 1.54) is 36.4 Å². The minimum Gasteiger partial charge on any atom is -0.352 e. The number of amides is 1. The molecule has 1 heterocycles. The van der Waals surface area contributed by atoms with E-state index in [2.05, 4.69) is 10.4 Å². The molecular formula is C13H18IN3O2. The van der Waals surface area contributed by atoms with E-state index >= 15 is 0 Å². The van der Waals surface area contributed by atoms with Gasteiger partial charge in [0.25, 0.3) is 5.56 Å². The van der Waals surface area contributed by atoms with Gasteiger partial charge in [-0.3, -0.25) is 9.59 Å². The van der Waals surface area contributed by atoms with Crippen LogP contribution in [0.5, 0.6) is 0 Å². The van der Waals surface area contributed by atoms with E-state index in [-0.39, 0.29) is 24.1 Å². The highest BCUT2D eigenvalue weighted by molar-refractivity contribution is 14.1. The third-order valence-corrected chi connectivity index (χ3v) is 3.94. The Morgan fingerprint density at radius 1 is 1.37 bits per heavy atom. The first-order valence-corrected chi connectivity index (χ1v) is 7.75. The number of hydrogen-bond donors (Lipinski definition) is 1. The average Bonchev–Trinajstić information content (AvgIpc) is 2.61. The van der Waals surface area contributed by atoms with Gasteiger partial charge in [-0.1, -0.05) is 25.7 Å². The molecule has 19 heavy (non-hydrogen) atoms. The SMILES string of the molecule is O=C(Cn1ncc(I)cc1=O)NC1CCCCCC1. The molecule has 2 rings (SSSR count). The monoisotopic (exact) mass is 375 g/mol. The summed E-state index contributed by atoms with van der Waals surface area (Å²) in [6.45, 7) is 0.00620. The van der Waals surface area contributed by atoms with Crippen LogP contribution in [0.4, 0.5) is 0 Å². The van der Waals surface area contributed by atoms with Gasteiger partial charge < -0.3 is 5.32 Å². The summed E-state index contributed by atoms with van der Waals surface area (Å²) in [5, 5.41) is 6.97. The lowest BCUT2D eigenvalue weighted by Gasteiger charge is -2.16. The Labute approximate surface area is 125 Å². The number of nitrogens with one attached hydrogen (secondary N) is 1. The van der Waals surface area contributed by atoms with Crippen molar-refractivity contribution in [3.8, 4) is 0 Å². The molecule has 104 valence electrons. The van der Waals surface area contributed by atoms with Gasteiger partial charge in [0.1, 0.15) is 6.54 Å². The summed E-state index contributed by atoms with van der Waals surface area (Å²) in [5.74, 6) is -0.122. The number of hydrogen-bond acceptors (Lipinski definition) is 3. The molecule has 0 aliphatic heterocycles. The number of halogens is 1. The number of carbonyl (C=O) groups excluding carboxylic acids is 1. The van der Waals surface area contributed by atoms with Gasteiger partial charge >= 0.3 is 0 Å². The minimum atomic E-state index is -0.233. The standard InChI is InChI=1S/C13H18IN3O2/c14-10-7-13(19)17(15-8-10)9-12(18)16-11-5-3-1-2-4-6-11/h7-8,11H,1-6,9H2,(H,16,18). The fourth-order valence-corrected chi connectivity index (χ4v) is 2.75. The summed E-state index contributed by atoms with van der Waals surface area (Å²) in [6, 6.07) is 1.74. The van der Waals surface area contributed by atoms with Crippen molar-refractivity contribution >= 4 is 28.5 Å². The van der Waals surface area contributed by atoms with Crippen molar-refractivity contribution in [1.29, 1.82) is 0 Å². The van der Waals surface area contributed by atoms with Crippen LogP contribution < -0.4 is 10.9 Å². The Bertz CT molecular complexity index is 493. The Balaban J connectivity index is 1.91. The molecule has 1 aliphatic carbocycles. The lowest BCUT2D eigenvalue weighted by atomic mass is 10.1. The maximum absolute atomic E-state index is 11.9. The van der Waals surface area contributed by atoms with E-state index in [1.807, 2.05) is 22.6 Å². The second-order valence-electron chi connectivity index (χ2n) is 4.93. The zero-order valence-corrected chi connectivity index (χ0v) is 12.9. The Morgan fingerprint density at radius 2 is 2.05 bits per heavy atom. The van der Waals surface area contributed by atoms with Crippen molar-refractivity contribution in [2.45, 2.75) is 51.1 Å². The summed E-state index contributed by atoms with van der Waals surface area (Å²) in [5.41, 5.74) is -0.233. The van der Waals surface area contributed by atoms with Crippen molar-refractivity contribution in [1.82, 2.24) is 15.1 Å². The molecule has 0 radical (unpaired) electrons. The average molecular weight is 375 g/mol. The van der Waals surface area contributed by atoms with Gasteiger partial charge in [-0.2, -0.15) is 5.10 Å². The fraction of sp³-hybridized carbons (Fsp3) is 0.615. The van der Waals surface area contributed by atoms with Crippen molar-refractivity contribution in [2.75, 3.05) is 0 Å². The zero-order chi connectivity index (χ0) is 13.7. The molecule has 6 heteroatoms. The molecule has 0 unspecified atom stereocenters.